The van der Waals surface area contributed by atoms with Gasteiger partial charge in [-0.15, -0.1) is 0 Å². The van der Waals surface area contributed by atoms with Crippen molar-refractivity contribution in [1.82, 2.24) is 0 Å². The van der Waals surface area contributed by atoms with Crippen LogP contribution in [0.15, 0.2) is 30.3 Å². The molecule has 1 aromatic carbocycles. The zero-order valence-corrected chi connectivity index (χ0v) is 15.1. The molecule has 7 heteroatoms. The lowest BCUT2D eigenvalue weighted by Gasteiger charge is -2.44. The first-order valence-corrected chi connectivity index (χ1v) is 9.75. The van der Waals surface area contributed by atoms with Crippen LogP contribution >= 0.6 is 0 Å². The Labute approximate surface area is 158 Å². The van der Waals surface area contributed by atoms with Crippen molar-refractivity contribution in [1.29, 1.82) is 0 Å². The van der Waals surface area contributed by atoms with Crippen LogP contribution in [-0.4, -0.2) is 69.9 Å². The Bertz CT molecular complexity index is 610. The number of rotatable bonds is 4. The van der Waals surface area contributed by atoms with Gasteiger partial charge in [0.05, 0.1) is 24.9 Å². The molecule has 0 unspecified atom stereocenters. The highest BCUT2D eigenvalue weighted by atomic mass is 16.7. The monoisotopic (exact) mass is 380 g/mol. The molecule has 1 aliphatic carbocycles. The molecule has 0 radical (unpaired) electrons. The molecule has 27 heavy (non-hydrogen) atoms. The minimum Gasteiger partial charge on any atom is -0.394 e. The van der Waals surface area contributed by atoms with E-state index in [1.165, 1.54) is 0 Å². The zero-order valence-electron chi connectivity index (χ0n) is 15.1. The van der Waals surface area contributed by atoms with Crippen molar-refractivity contribution in [2.45, 2.75) is 74.7 Å². The van der Waals surface area contributed by atoms with E-state index in [0.29, 0.717) is 6.42 Å². The minimum atomic E-state index is -1.43. The summed E-state index contributed by atoms with van der Waals surface area (Å²) in [6.45, 7) is -0.461. The van der Waals surface area contributed by atoms with Crippen LogP contribution in [0.25, 0.3) is 0 Å². The van der Waals surface area contributed by atoms with Gasteiger partial charge >= 0.3 is 0 Å². The molecule has 2 aliphatic heterocycles. The highest BCUT2D eigenvalue weighted by Gasteiger charge is 2.48. The third-order valence-corrected chi connectivity index (χ3v) is 6.10. The molecule has 0 spiro atoms. The summed E-state index contributed by atoms with van der Waals surface area (Å²) in [7, 11) is 0. The molecule has 0 amide bonds. The number of ether oxygens (including phenoxy) is 3. The lowest BCUT2D eigenvalue weighted by atomic mass is 9.88. The Balaban J connectivity index is 1.50. The lowest BCUT2D eigenvalue weighted by Crippen LogP contribution is -2.60. The summed E-state index contributed by atoms with van der Waals surface area (Å²) in [4.78, 5) is 0. The van der Waals surface area contributed by atoms with Gasteiger partial charge in [-0.05, 0) is 18.4 Å². The molecule has 0 aromatic heterocycles. The molecule has 150 valence electrons. The first-order chi connectivity index (χ1) is 13.1. The van der Waals surface area contributed by atoms with Crippen LogP contribution in [0.5, 0.6) is 0 Å². The summed E-state index contributed by atoms with van der Waals surface area (Å²) in [6.07, 6.45) is -2.79. The highest BCUT2D eigenvalue weighted by molar-refractivity contribution is 5.18. The molecule has 2 heterocycles. The van der Waals surface area contributed by atoms with Crippen molar-refractivity contribution in [3.05, 3.63) is 35.9 Å². The van der Waals surface area contributed by atoms with E-state index < -0.39 is 37.3 Å². The van der Waals surface area contributed by atoms with Gasteiger partial charge < -0.3 is 34.6 Å². The number of benzene rings is 1. The summed E-state index contributed by atoms with van der Waals surface area (Å²) in [5, 5.41) is 39.7. The van der Waals surface area contributed by atoms with E-state index in [9.17, 15) is 20.4 Å². The van der Waals surface area contributed by atoms with E-state index >= 15 is 0 Å². The highest BCUT2D eigenvalue weighted by Crippen LogP contribution is 2.44. The van der Waals surface area contributed by atoms with Crippen molar-refractivity contribution in [3.63, 3.8) is 0 Å². The predicted octanol–water partition coefficient (Wildman–Crippen LogP) is 0.502. The number of aliphatic hydroxyl groups is 4. The molecule has 4 rings (SSSR count). The Morgan fingerprint density at radius 2 is 1.74 bits per heavy atom. The molecule has 4 N–H and O–H groups in total. The molecular weight excluding hydrogens is 352 g/mol. The largest absolute Gasteiger partial charge is 0.394 e. The molecule has 3 aliphatic rings. The second-order valence-corrected chi connectivity index (χ2v) is 7.78. The van der Waals surface area contributed by atoms with E-state index in [4.69, 9.17) is 14.2 Å². The average molecular weight is 380 g/mol. The van der Waals surface area contributed by atoms with Crippen LogP contribution in [0.4, 0.5) is 0 Å². The van der Waals surface area contributed by atoms with E-state index in [1.807, 2.05) is 30.3 Å². The van der Waals surface area contributed by atoms with Gasteiger partial charge in [0.1, 0.15) is 24.4 Å². The maximum atomic E-state index is 10.3. The smallest absolute Gasteiger partial charge is 0.186 e. The van der Waals surface area contributed by atoms with Crippen LogP contribution in [0.1, 0.15) is 37.4 Å². The summed E-state index contributed by atoms with van der Waals surface area (Å²) < 4.78 is 18.0. The van der Waals surface area contributed by atoms with Crippen molar-refractivity contribution >= 4 is 0 Å². The van der Waals surface area contributed by atoms with Crippen LogP contribution in [0.3, 0.4) is 0 Å². The van der Waals surface area contributed by atoms with E-state index in [0.717, 1.165) is 24.8 Å². The van der Waals surface area contributed by atoms with Crippen LogP contribution < -0.4 is 0 Å². The van der Waals surface area contributed by atoms with Gasteiger partial charge in [-0.3, -0.25) is 0 Å². The van der Waals surface area contributed by atoms with Crippen molar-refractivity contribution in [2.24, 2.45) is 5.92 Å². The summed E-state index contributed by atoms with van der Waals surface area (Å²) in [5.41, 5.74) is 1.09. The van der Waals surface area contributed by atoms with Gasteiger partial charge in [-0.25, -0.2) is 0 Å². The Hall–Kier alpha value is -1.06. The molecule has 1 aromatic rings. The summed E-state index contributed by atoms with van der Waals surface area (Å²) >= 11 is 0. The summed E-state index contributed by atoms with van der Waals surface area (Å²) in [6, 6.07) is 9.99. The fraction of sp³-hybridized carbons (Fsp3) is 0.700. The average Bonchev–Trinajstić information content (AvgIpc) is 3.18. The van der Waals surface area contributed by atoms with Gasteiger partial charge in [0.2, 0.25) is 0 Å². The molecule has 1 saturated carbocycles. The first kappa shape index (κ1) is 19.3. The number of fused-ring (bicyclic) bond motifs is 1. The second-order valence-electron chi connectivity index (χ2n) is 7.78. The van der Waals surface area contributed by atoms with E-state index in [2.05, 4.69) is 0 Å². The maximum absolute atomic E-state index is 10.3. The van der Waals surface area contributed by atoms with Gasteiger partial charge in [0, 0.05) is 12.3 Å². The van der Waals surface area contributed by atoms with Crippen molar-refractivity contribution < 1.29 is 34.6 Å². The molecule has 7 nitrogen and oxygen atoms in total. The third-order valence-electron chi connectivity index (χ3n) is 6.10. The van der Waals surface area contributed by atoms with Crippen molar-refractivity contribution in [2.75, 3.05) is 6.61 Å². The molecular formula is C20H28O7. The van der Waals surface area contributed by atoms with E-state index in [-0.39, 0.29) is 24.2 Å². The van der Waals surface area contributed by atoms with Gasteiger partial charge in [0.25, 0.3) is 0 Å². The SMILES string of the molecule is OC[C@@H]1O[C@@H](O[C@@H]2C[C@H](c3ccccc3)O[C@@H]3CCC[C@@H]23)[C@H](O)[C@H](O)[C@H]1O. The molecule has 3 fully saturated rings. The molecule has 2 saturated heterocycles. The normalized spacial score (nSPS) is 44.8. The second kappa shape index (κ2) is 8.13. The van der Waals surface area contributed by atoms with Crippen molar-refractivity contribution in [3.8, 4) is 0 Å². The summed E-state index contributed by atoms with van der Waals surface area (Å²) in [5.74, 6) is 0.206. The molecule has 0 bridgehead atoms. The third kappa shape index (κ3) is 3.78. The number of hydrogen-bond donors (Lipinski definition) is 4. The minimum absolute atomic E-state index is 0.0962. The van der Waals surface area contributed by atoms with Crippen LogP contribution in [0.2, 0.25) is 0 Å². The van der Waals surface area contributed by atoms with Gasteiger partial charge in [0.15, 0.2) is 6.29 Å². The van der Waals surface area contributed by atoms with Gasteiger partial charge in [-0.1, -0.05) is 36.8 Å². The predicted molar refractivity (Wildman–Crippen MR) is 94.7 cm³/mol. The fourth-order valence-corrected chi connectivity index (χ4v) is 4.59. The Kier molecular flexibility index (Phi) is 5.80. The standard InChI is InChI=1S/C20H28O7/c21-10-16-17(22)18(23)19(24)20(27-16)26-15-9-14(11-5-2-1-3-6-11)25-13-8-4-7-12(13)15/h1-3,5-6,12-24H,4,7-10H2/t12-,13-,14-,15-,16+,17+,18-,19-,20-/m1/s1. The van der Waals surface area contributed by atoms with E-state index in [1.54, 1.807) is 0 Å². The first-order valence-electron chi connectivity index (χ1n) is 9.75. The van der Waals surface area contributed by atoms with Gasteiger partial charge in [-0.2, -0.15) is 0 Å². The Morgan fingerprint density at radius 1 is 0.963 bits per heavy atom. The lowest BCUT2D eigenvalue weighted by molar-refractivity contribution is -0.323. The zero-order chi connectivity index (χ0) is 19.0. The Morgan fingerprint density at radius 3 is 2.48 bits per heavy atom. The quantitative estimate of drug-likeness (QED) is 0.602. The molecule has 9 atom stereocenters. The number of aliphatic hydroxyl groups excluding tert-OH is 4. The fourth-order valence-electron chi connectivity index (χ4n) is 4.59. The van der Waals surface area contributed by atoms with Crippen LogP contribution in [0, 0.1) is 5.92 Å². The van der Waals surface area contributed by atoms with Crippen LogP contribution in [-0.2, 0) is 14.2 Å². The topological polar surface area (TPSA) is 109 Å². The number of hydrogen-bond acceptors (Lipinski definition) is 7. The maximum Gasteiger partial charge on any atom is 0.186 e.